The van der Waals surface area contributed by atoms with Gasteiger partial charge in [-0.2, -0.15) is 0 Å². The Balaban J connectivity index is 1.51. The Morgan fingerprint density at radius 2 is 1.70 bits per heavy atom. The molecule has 0 spiro atoms. The summed E-state index contributed by atoms with van der Waals surface area (Å²) in [4.78, 5) is 35.7. The second kappa shape index (κ2) is 9.99. The summed E-state index contributed by atoms with van der Waals surface area (Å²) in [6.07, 6.45) is 0. The molecule has 1 heterocycles. The minimum absolute atomic E-state index is 0.130. The monoisotopic (exact) mass is 441 g/mol. The quantitative estimate of drug-likeness (QED) is 0.380. The molecule has 0 unspecified atom stereocenters. The van der Waals surface area contributed by atoms with Gasteiger partial charge in [0.2, 0.25) is 16.9 Å². The second-order valence-electron chi connectivity index (χ2n) is 6.24. The van der Waals surface area contributed by atoms with E-state index in [1.54, 1.807) is 36.4 Å². The van der Waals surface area contributed by atoms with Crippen LogP contribution in [0, 0.1) is 6.92 Å². The van der Waals surface area contributed by atoms with Gasteiger partial charge in [-0.1, -0.05) is 47.4 Å². The van der Waals surface area contributed by atoms with Gasteiger partial charge in [-0.05, 0) is 36.8 Å². The minimum atomic E-state index is -0.252. The minimum Gasteiger partial charge on any atom is -0.326 e. The normalized spacial score (nSPS) is 10.3. The van der Waals surface area contributed by atoms with Gasteiger partial charge in [0.25, 0.3) is 5.91 Å². The molecule has 0 radical (unpaired) electrons. The summed E-state index contributed by atoms with van der Waals surface area (Å²) in [7, 11) is 0. The van der Waals surface area contributed by atoms with Crippen molar-refractivity contribution in [2.24, 2.45) is 0 Å². The number of aromatic nitrogens is 2. The van der Waals surface area contributed by atoms with Gasteiger partial charge in [0.05, 0.1) is 5.75 Å². The highest BCUT2D eigenvalue weighted by Gasteiger charge is 2.13. The summed E-state index contributed by atoms with van der Waals surface area (Å²) < 4.78 is 0.567. The van der Waals surface area contributed by atoms with Crippen LogP contribution in [0.5, 0.6) is 0 Å². The Labute approximate surface area is 181 Å². The molecule has 0 bridgehead atoms. The number of hydrogen-bond donors (Lipinski definition) is 3. The van der Waals surface area contributed by atoms with Gasteiger partial charge in [-0.25, -0.2) is 0 Å². The van der Waals surface area contributed by atoms with E-state index in [2.05, 4.69) is 26.1 Å². The molecule has 0 fully saturated rings. The molecular formula is C20H19N5O3S2. The number of carbonyl (C=O) groups is 3. The fourth-order valence-corrected chi connectivity index (χ4v) is 4.06. The predicted molar refractivity (Wildman–Crippen MR) is 119 cm³/mol. The van der Waals surface area contributed by atoms with Crippen molar-refractivity contribution in [2.45, 2.75) is 18.2 Å². The Bertz CT molecular complexity index is 1080. The van der Waals surface area contributed by atoms with Crippen LogP contribution in [0.15, 0.2) is 52.9 Å². The number of amides is 3. The van der Waals surface area contributed by atoms with Crippen LogP contribution in [-0.4, -0.2) is 33.7 Å². The molecule has 0 aliphatic rings. The van der Waals surface area contributed by atoms with Gasteiger partial charge in [0, 0.05) is 23.9 Å². The van der Waals surface area contributed by atoms with E-state index >= 15 is 0 Å². The molecule has 0 aliphatic heterocycles. The third-order valence-electron chi connectivity index (χ3n) is 3.81. The largest absolute Gasteiger partial charge is 0.326 e. The maximum Gasteiger partial charge on any atom is 0.257 e. The Kier molecular flexibility index (Phi) is 7.15. The van der Waals surface area contributed by atoms with E-state index in [4.69, 9.17) is 0 Å². The van der Waals surface area contributed by atoms with Crippen molar-refractivity contribution in [2.75, 3.05) is 21.7 Å². The molecule has 0 saturated heterocycles. The second-order valence-corrected chi connectivity index (χ2v) is 8.44. The molecule has 0 atom stereocenters. The van der Waals surface area contributed by atoms with Crippen molar-refractivity contribution in [1.82, 2.24) is 10.2 Å². The number of anilines is 3. The van der Waals surface area contributed by atoms with Crippen molar-refractivity contribution < 1.29 is 14.4 Å². The molecule has 30 heavy (non-hydrogen) atoms. The summed E-state index contributed by atoms with van der Waals surface area (Å²) in [6, 6.07) is 14.2. The summed E-state index contributed by atoms with van der Waals surface area (Å²) in [6.45, 7) is 3.28. The first-order valence-corrected chi connectivity index (χ1v) is 10.7. The molecule has 0 aliphatic carbocycles. The lowest BCUT2D eigenvalue weighted by atomic mass is 10.1. The van der Waals surface area contributed by atoms with Crippen LogP contribution in [0.25, 0.3) is 0 Å². The lowest BCUT2D eigenvalue weighted by Gasteiger charge is -2.07. The number of aryl methyl sites for hydroxylation is 1. The molecule has 3 aromatic rings. The van der Waals surface area contributed by atoms with Crippen molar-refractivity contribution >= 4 is 57.3 Å². The van der Waals surface area contributed by atoms with E-state index in [9.17, 15) is 14.4 Å². The van der Waals surface area contributed by atoms with Crippen molar-refractivity contribution in [3.05, 3.63) is 59.7 Å². The first-order chi connectivity index (χ1) is 14.4. The number of hydrogen-bond acceptors (Lipinski definition) is 7. The van der Waals surface area contributed by atoms with Gasteiger partial charge < -0.3 is 10.6 Å². The van der Waals surface area contributed by atoms with Gasteiger partial charge in [-0.15, -0.1) is 10.2 Å². The average molecular weight is 442 g/mol. The summed E-state index contributed by atoms with van der Waals surface area (Å²) in [5.41, 5.74) is 2.62. The van der Waals surface area contributed by atoms with Gasteiger partial charge in [0.1, 0.15) is 0 Å². The first kappa shape index (κ1) is 21.5. The van der Waals surface area contributed by atoms with E-state index in [0.717, 1.165) is 5.56 Å². The molecule has 8 nitrogen and oxygen atoms in total. The van der Waals surface area contributed by atoms with Gasteiger partial charge in [-0.3, -0.25) is 19.7 Å². The molecule has 0 saturated carbocycles. The predicted octanol–water partition coefficient (Wildman–Crippen LogP) is 3.79. The zero-order chi connectivity index (χ0) is 21.5. The van der Waals surface area contributed by atoms with Crippen LogP contribution in [0.2, 0.25) is 0 Å². The molecule has 3 amide bonds. The molecule has 10 heteroatoms. The highest BCUT2D eigenvalue weighted by atomic mass is 32.2. The van der Waals surface area contributed by atoms with E-state index in [-0.39, 0.29) is 23.5 Å². The summed E-state index contributed by atoms with van der Waals surface area (Å²) in [5.74, 6) is -0.529. The van der Waals surface area contributed by atoms with Crippen LogP contribution in [0.4, 0.5) is 16.5 Å². The maximum atomic E-state index is 12.3. The molecular weight excluding hydrogens is 422 g/mol. The van der Waals surface area contributed by atoms with Crippen LogP contribution < -0.4 is 16.0 Å². The number of nitrogens with zero attached hydrogens (tertiary/aromatic N) is 2. The highest BCUT2D eigenvalue weighted by molar-refractivity contribution is 8.01. The number of rotatable bonds is 7. The molecule has 154 valence electrons. The van der Waals surface area contributed by atoms with E-state index in [0.29, 0.717) is 26.4 Å². The number of thioether (sulfide) groups is 1. The zero-order valence-corrected chi connectivity index (χ0v) is 17.9. The Morgan fingerprint density at radius 1 is 0.967 bits per heavy atom. The summed E-state index contributed by atoms with van der Waals surface area (Å²) in [5, 5.41) is 16.5. The third-order valence-corrected chi connectivity index (χ3v) is 5.78. The van der Waals surface area contributed by atoms with Crippen molar-refractivity contribution in [3.63, 3.8) is 0 Å². The molecule has 2 aromatic carbocycles. The molecule has 1 aromatic heterocycles. The zero-order valence-electron chi connectivity index (χ0n) is 16.3. The van der Waals surface area contributed by atoms with Crippen LogP contribution >= 0.6 is 23.1 Å². The Hall–Kier alpha value is -3.24. The SMILES string of the molecule is CC(=O)Nc1cccc(NC(=O)CSc2nnc(NC(=O)c3ccccc3C)s2)c1. The maximum absolute atomic E-state index is 12.3. The lowest BCUT2D eigenvalue weighted by molar-refractivity contribution is -0.114. The van der Waals surface area contributed by atoms with Crippen LogP contribution in [-0.2, 0) is 9.59 Å². The van der Waals surface area contributed by atoms with Crippen molar-refractivity contribution in [3.8, 4) is 0 Å². The fourth-order valence-electron chi connectivity index (χ4n) is 2.51. The van der Waals surface area contributed by atoms with E-state index < -0.39 is 0 Å². The third kappa shape index (κ3) is 6.13. The van der Waals surface area contributed by atoms with Crippen LogP contribution in [0.3, 0.4) is 0 Å². The highest BCUT2D eigenvalue weighted by Crippen LogP contribution is 2.26. The van der Waals surface area contributed by atoms with E-state index in [1.807, 2.05) is 19.1 Å². The topological polar surface area (TPSA) is 113 Å². The first-order valence-electron chi connectivity index (χ1n) is 8.91. The van der Waals surface area contributed by atoms with Crippen LogP contribution in [0.1, 0.15) is 22.8 Å². The number of benzene rings is 2. The van der Waals surface area contributed by atoms with E-state index in [1.165, 1.54) is 30.0 Å². The fraction of sp³-hybridized carbons (Fsp3) is 0.150. The number of carbonyl (C=O) groups excluding carboxylic acids is 3. The Morgan fingerprint density at radius 3 is 2.43 bits per heavy atom. The van der Waals surface area contributed by atoms with Crippen molar-refractivity contribution in [1.29, 1.82) is 0 Å². The number of nitrogens with one attached hydrogen (secondary N) is 3. The standard InChI is InChI=1S/C20H19N5O3S2/c1-12-6-3-4-9-16(12)18(28)23-19-24-25-20(30-19)29-11-17(27)22-15-8-5-7-14(10-15)21-13(2)26/h3-10H,11H2,1-2H3,(H,21,26)(H,22,27)(H,23,24,28). The molecule has 3 N–H and O–H groups in total. The van der Waals surface area contributed by atoms with Gasteiger partial charge in [0.15, 0.2) is 4.34 Å². The smallest absolute Gasteiger partial charge is 0.257 e. The molecule has 3 rings (SSSR count). The van der Waals surface area contributed by atoms with Gasteiger partial charge >= 0.3 is 0 Å². The lowest BCUT2D eigenvalue weighted by Crippen LogP contribution is -2.14. The average Bonchev–Trinajstić information content (AvgIpc) is 3.14. The summed E-state index contributed by atoms with van der Waals surface area (Å²) >= 11 is 2.42.